The van der Waals surface area contributed by atoms with Crippen LogP contribution in [0.4, 0.5) is 0 Å². The second kappa shape index (κ2) is 9.93. The van der Waals surface area contributed by atoms with Crippen molar-refractivity contribution >= 4 is 5.91 Å². The minimum absolute atomic E-state index is 0.0666. The van der Waals surface area contributed by atoms with Crippen molar-refractivity contribution in [3.8, 4) is 5.75 Å². The van der Waals surface area contributed by atoms with E-state index >= 15 is 0 Å². The van der Waals surface area contributed by atoms with Crippen molar-refractivity contribution in [2.45, 2.75) is 51.6 Å². The summed E-state index contributed by atoms with van der Waals surface area (Å²) in [6, 6.07) is 8.24. The summed E-state index contributed by atoms with van der Waals surface area (Å²) >= 11 is 0. The van der Waals surface area contributed by atoms with Gasteiger partial charge in [-0.1, -0.05) is 18.6 Å². The zero-order valence-corrected chi connectivity index (χ0v) is 16.1. The molecule has 0 bridgehead atoms. The number of hydrogen-bond donors (Lipinski definition) is 1. The van der Waals surface area contributed by atoms with Gasteiger partial charge in [-0.2, -0.15) is 0 Å². The maximum absolute atomic E-state index is 11.8. The number of carbonyl (C=O) groups excluding carboxylic acids is 1. The van der Waals surface area contributed by atoms with Gasteiger partial charge in [-0.05, 0) is 69.9 Å². The summed E-state index contributed by atoms with van der Waals surface area (Å²) in [6.07, 6.45) is 6.43. The summed E-state index contributed by atoms with van der Waals surface area (Å²) in [6.45, 7) is 8.92. The second-order valence-electron chi connectivity index (χ2n) is 7.54. The fraction of sp³-hybridized carbons (Fsp3) is 0.667. The molecule has 5 heteroatoms. The number of nitrogens with zero attached hydrogens (tertiary/aromatic N) is 2. The molecule has 2 fully saturated rings. The molecule has 0 radical (unpaired) electrons. The molecule has 5 nitrogen and oxygen atoms in total. The van der Waals surface area contributed by atoms with Crippen LogP contribution < -0.4 is 10.1 Å². The van der Waals surface area contributed by atoms with Crippen LogP contribution in [0.1, 0.15) is 44.6 Å². The van der Waals surface area contributed by atoms with E-state index < -0.39 is 0 Å². The number of hydrogen-bond acceptors (Lipinski definition) is 4. The van der Waals surface area contributed by atoms with Crippen LogP contribution in [0.3, 0.4) is 0 Å². The van der Waals surface area contributed by atoms with Crippen LogP contribution in [0.25, 0.3) is 0 Å². The standard InChI is InChI=1S/C21H33N3O2/c1-18-21(25)22-10-14-24(18)17-19-8-7-9-20(16-19)26-15-6-5-13-23-11-3-2-4-12-23/h7-9,16,18H,2-6,10-15,17H2,1H3,(H,22,25)/t18-/m1/s1. The highest BCUT2D eigenvalue weighted by molar-refractivity contribution is 5.81. The third-order valence-corrected chi connectivity index (χ3v) is 5.50. The highest BCUT2D eigenvalue weighted by Gasteiger charge is 2.25. The summed E-state index contributed by atoms with van der Waals surface area (Å²) < 4.78 is 5.96. The number of amides is 1. The monoisotopic (exact) mass is 359 g/mol. The molecule has 1 amide bonds. The Morgan fingerprint density at radius 2 is 2.00 bits per heavy atom. The molecule has 0 unspecified atom stereocenters. The highest BCUT2D eigenvalue weighted by atomic mass is 16.5. The number of ether oxygens (including phenoxy) is 1. The van der Waals surface area contributed by atoms with Crippen LogP contribution in [-0.2, 0) is 11.3 Å². The van der Waals surface area contributed by atoms with Crippen molar-refractivity contribution in [3.05, 3.63) is 29.8 Å². The van der Waals surface area contributed by atoms with Gasteiger partial charge < -0.3 is 15.0 Å². The van der Waals surface area contributed by atoms with Gasteiger partial charge in [-0.25, -0.2) is 0 Å². The van der Waals surface area contributed by atoms with Gasteiger partial charge in [0, 0.05) is 19.6 Å². The first-order valence-corrected chi connectivity index (χ1v) is 10.2. The smallest absolute Gasteiger partial charge is 0.237 e. The van der Waals surface area contributed by atoms with Crippen molar-refractivity contribution in [2.75, 3.05) is 39.3 Å². The molecule has 1 atom stereocenters. The lowest BCUT2D eigenvalue weighted by Gasteiger charge is -2.32. The molecule has 0 aromatic heterocycles. The number of nitrogens with one attached hydrogen (secondary N) is 1. The van der Waals surface area contributed by atoms with Gasteiger partial charge in [0.05, 0.1) is 12.6 Å². The van der Waals surface area contributed by atoms with E-state index in [0.717, 1.165) is 38.4 Å². The number of benzene rings is 1. The number of rotatable bonds is 8. The van der Waals surface area contributed by atoms with Gasteiger partial charge in [0.25, 0.3) is 0 Å². The van der Waals surface area contributed by atoms with Crippen molar-refractivity contribution in [3.63, 3.8) is 0 Å². The Balaban J connectivity index is 1.39. The summed E-state index contributed by atoms with van der Waals surface area (Å²) in [5, 5.41) is 2.91. The molecule has 0 spiro atoms. The number of piperidine rings is 1. The quantitative estimate of drug-likeness (QED) is 0.725. The molecule has 144 valence electrons. The Morgan fingerprint density at radius 1 is 1.15 bits per heavy atom. The van der Waals surface area contributed by atoms with E-state index in [-0.39, 0.29) is 11.9 Å². The van der Waals surface area contributed by atoms with Crippen LogP contribution in [0, 0.1) is 0 Å². The molecule has 2 saturated heterocycles. The van der Waals surface area contributed by atoms with Gasteiger partial charge >= 0.3 is 0 Å². The summed E-state index contributed by atoms with van der Waals surface area (Å²) in [7, 11) is 0. The average molecular weight is 360 g/mol. The second-order valence-corrected chi connectivity index (χ2v) is 7.54. The molecule has 2 heterocycles. The number of unbranched alkanes of at least 4 members (excludes halogenated alkanes) is 1. The number of likely N-dealkylation sites (tertiary alicyclic amines) is 1. The molecule has 0 aliphatic carbocycles. The zero-order chi connectivity index (χ0) is 18.2. The van der Waals surface area contributed by atoms with Crippen LogP contribution in [0.15, 0.2) is 24.3 Å². The highest BCUT2D eigenvalue weighted by Crippen LogP contribution is 2.17. The fourth-order valence-corrected chi connectivity index (χ4v) is 3.82. The first kappa shape index (κ1) is 19.2. The lowest BCUT2D eigenvalue weighted by molar-refractivity contribution is -0.128. The van der Waals surface area contributed by atoms with Crippen LogP contribution in [0.2, 0.25) is 0 Å². The molecule has 3 rings (SSSR count). The van der Waals surface area contributed by atoms with Crippen molar-refractivity contribution < 1.29 is 9.53 Å². The molecular formula is C21H33N3O2. The molecule has 1 aromatic carbocycles. The van der Waals surface area contributed by atoms with E-state index in [1.807, 2.05) is 19.1 Å². The summed E-state index contributed by atoms with van der Waals surface area (Å²) in [4.78, 5) is 16.6. The Kier molecular flexibility index (Phi) is 7.32. The summed E-state index contributed by atoms with van der Waals surface area (Å²) in [5.41, 5.74) is 1.21. The minimum atomic E-state index is -0.0666. The Bertz CT molecular complexity index is 572. The molecule has 26 heavy (non-hydrogen) atoms. The Labute approximate surface area is 157 Å². The first-order valence-electron chi connectivity index (χ1n) is 10.2. The molecule has 1 aromatic rings. The van der Waals surface area contributed by atoms with Gasteiger partial charge in [0.15, 0.2) is 0 Å². The van der Waals surface area contributed by atoms with E-state index in [1.165, 1.54) is 50.9 Å². The Morgan fingerprint density at radius 3 is 2.85 bits per heavy atom. The predicted octanol–water partition coefficient (Wildman–Crippen LogP) is 2.65. The normalized spacial score (nSPS) is 22.2. The van der Waals surface area contributed by atoms with E-state index in [0.29, 0.717) is 0 Å². The number of piperazine rings is 1. The van der Waals surface area contributed by atoms with Crippen LogP contribution in [0.5, 0.6) is 5.75 Å². The molecule has 0 saturated carbocycles. The van der Waals surface area contributed by atoms with E-state index in [1.54, 1.807) is 0 Å². The lowest BCUT2D eigenvalue weighted by Crippen LogP contribution is -2.53. The van der Waals surface area contributed by atoms with E-state index in [9.17, 15) is 4.79 Å². The van der Waals surface area contributed by atoms with Gasteiger partial charge in [-0.3, -0.25) is 9.69 Å². The maximum atomic E-state index is 11.8. The fourth-order valence-electron chi connectivity index (χ4n) is 3.82. The number of carbonyl (C=O) groups is 1. The molecule has 2 aliphatic rings. The lowest BCUT2D eigenvalue weighted by atomic mass is 10.1. The summed E-state index contributed by atoms with van der Waals surface area (Å²) in [5.74, 6) is 1.06. The minimum Gasteiger partial charge on any atom is -0.494 e. The van der Waals surface area contributed by atoms with Crippen molar-refractivity contribution in [1.29, 1.82) is 0 Å². The van der Waals surface area contributed by atoms with Gasteiger partial charge in [-0.15, -0.1) is 0 Å². The van der Waals surface area contributed by atoms with Crippen molar-refractivity contribution in [1.82, 2.24) is 15.1 Å². The van der Waals surface area contributed by atoms with Gasteiger partial charge in [0.2, 0.25) is 5.91 Å². The topological polar surface area (TPSA) is 44.8 Å². The van der Waals surface area contributed by atoms with Crippen LogP contribution >= 0.6 is 0 Å². The SMILES string of the molecule is C[C@@H]1C(=O)NCCN1Cc1cccc(OCCCCN2CCCCC2)c1. The first-order chi connectivity index (χ1) is 12.7. The average Bonchev–Trinajstić information content (AvgIpc) is 2.66. The molecule has 1 N–H and O–H groups in total. The third kappa shape index (κ3) is 5.71. The van der Waals surface area contributed by atoms with E-state index in [2.05, 4.69) is 27.2 Å². The third-order valence-electron chi connectivity index (χ3n) is 5.50. The largest absolute Gasteiger partial charge is 0.494 e. The van der Waals surface area contributed by atoms with Crippen molar-refractivity contribution in [2.24, 2.45) is 0 Å². The van der Waals surface area contributed by atoms with Gasteiger partial charge in [0.1, 0.15) is 5.75 Å². The molecular weight excluding hydrogens is 326 g/mol. The Hall–Kier alpha value is -1.59. The maximum Gasteiger partial charge on any atom is 0.237 e. The predicted molar refractivity (Wildman–Crippen MR) is 104 cm³/mol. The van der Waals surface area contributed by atoms with E-state index in [4.69, 9.17) is 4.74 Å². The van der Waals surface area contributed by atoms with Crippen LogP contribution in [-0.4, -0.2) is 61.1 Å². The molecule has 2 aliphatic heterocycles. The zero-order valence-electron chi connectivity index (χ0n) is 16.1.